The van der Waals surface area contributed by atoms with Crippen molar-refractivity contribution < 1.29 is 4.74 Å². The van der Waals surface area contributed by atoms with E-state index in [-0.39, 0.29) is 5.28 Å². The van der Waals surface area contributed by atoms with Gasteiger partial charge in [0.2, 0.25) is 11.2 Å². The van der Waals surface area contributed by atoms with E-state index < -0.39 is 0 Å². The summed E-state index contributed by atoms with van der Waals surface area (Å²) in [7, 11) is 0. The van der Waals surface area contributed by atoms with Gasteiger partial charge in [-0.25, -0.2) is 4.98 Å². The second-order valence-electron chi connectivity index (χ2n) is 3.85. The molecule has 0 N–H and O–H groups in total. The number of aromatic nitrogens is 2. The molecule has 0 aliphatic carbocycles. The first-order valence-corrected chi connectivity index (χ1v) is 7.14. The molecule has 0 atom stereocenters. The molecule has 3 nitrogen and oxygen atoms in total. The van der Waals surface area contributed by atoms with Crippen molar-refractivity contribution >= 4 is 44.8 Å². The Bertz CT molecular complexity index is 712. The van der Waals surface area contributed by atoms with E-state index in [1.54, 1.807) is 0 Å². The fraction of sp³-hybridized carbons (Fsp3) is 0.0769. The number of nitrogens with zero attached hydrogens (tertiary/aromatic N) is 2. The lowest BCUT2D eigenvalue weighted by Gasteiger charge is -2.06. The molecule has 0 fully saturated rings. The second kappa shape index (κ2) is 5.33. The van der Waals surface area contributed by atoms with Crippen LogP contribution in [0.3, 0.4) is 0 Å². The standard InChI is InChI=1S/C13H8Cl2N2OS/c14-9-3-1-8(2-4-9)7-18-11-10-5-6-19-12(10)17-13(15)16-11/h1-6H,7H2. The van der Waals surface area contributed by atoms with Gasteiger partial charge in [-0.05, 0) is 40.7 Å². The van der Waals surface area contributed by atoms with Crippen molar-refractivity contribution in [3.8, 4) is 5.88 Å². The SMILES string of the molecule is Clc1ccc(COc2nc(Cl)nc3sccc23)cc1. The largest absolute Gasteiger partial charge is 0.472 e. The van der Waals surface area contributed by atoms with Crippen molar-refractivity contribution in [2.45, 2.75) is 6.61 Å². The Morgan fingerprint density at radius 2 is 1.84 bits per heavy atom. The van der Waals surface area contributed by atoms with Crippen molar-refractivity contribution in [3.05, 3.63) is 51.6 Å². The van der Waals surface area contributed by atoms with Gasteiger partial charge in [0, 0.05) is 5.02 Å². The number of thiophene rings is 1. The zero-order chi connectivity index (χ0) is 13.2. The molecule has 3 rings (SSSR count). The number of rotatable bonds is 3. The number of fused-ring (bicyclic) bond motifs is 1. The number of benzene rings is 1. The first-order chi connectivity index (χ1) is 9.22. The normalized spacial score (nSPS) is 10.8. The molecule has 3 aromatic rings. The van der Waals surface area contributed by atoms with Gasteiger partial charge in [0.15, 0.2) is 0 Å². The van der Waals surface area contributed by atoms with E-state index in [4.69, 9.17) is 27.9 Å². The Balaban J connectivity index is 1.85. The number of ether oxygens (including phenoxy) is 1. The Hall–Kier alpha value is -1.36. The summed E-state index contributed by atoms with van der Waals surface area (Å²) in [6.07, 6.45) is 0. The maximum Gasteiger partial charge on any atom is 0.227 e. The summed E-state index contributed by atoms with van der Waals surface area (Å²) in [4.78, 5) is 9.08. The van der Waals surface area contributed by atoms with Crippen LogP contribution in [-0.2, 0) is 6.61 Å². The molecule has 1 aromatic carbocycles. The van der Waals surface area contributed by atoms with E-state index >= 15 is 0 Å². The van der Waals surface area contributed by atoms with Gasteiger partial charge in [0.1, 0.15) is 11.4 Å². The lowest BCUT2D eigenvalue weighted by Crippen LogP contribution is -1.98. The van der Waals surface area contributed by atoms with Crippen LogP contribution in [0.5, 0.6) is 5.88 Å². The molecule has 0 saturated carbocycles. The highest BCUT2D eigenvalue weighted by Gasteiger charge is 2.09. The molecule has 0 aliphatic heterocycles. The highest BCUT2D eigenvalue weighted by Crippen LogP contribution is 2.28. The van der Waals surface area contributed by atoms with Crippen LogP contribution in [0.15, 0.2) is 35.7 Å². The van der Waals surface area contributed by atoms with Gasteiger partial charge in [-0.2, -0.15) is 4.98 Å². The molecule has 19 heavy (non-hydrogen) atoms. The number of halogens is 2. The van der Waals surface area contributed by atoms with Gasteiger partial charge >= 0.3 is 0 Å². The summed E-state index contributed by atoms with van der Waals surface area (Å²) in [5.41, 5.74) is 1.02. The zero-order valence-electron chi connectivity index (χ0n) is 9.64. The smallest absolute Gasteiger partial charge is 0.227 e. The van der Waals surface area contributed by atoms with Crippen LogP contribution in [-0.4, -0.2) is 9.97 Å². The van der Waals surface area contributed by atoms with E-state index in [1.165, 1.54) is 11.3 Å². The summed E-state index contributed by atoms with van der Waals surface area (Å²) >= 11 is 13.2. The molecular formula is C13H8Cl2N2OS. The molecule has 0 saturated heterocycles. The van der Waals surface area contributed by atoms with Crippen LogP contribution in [0, 0.1) is 0 Å². The molecule has 0 aliphatic rings. The predicted molar refractivity (Wildman–Crippen MR) is 78.2 cm³/mol. The van der Waals surface area contributed by atoms with Gasteiger partial charge in [-0.1, -0.05) is 23.7 Å². The van der Waals surface area contributed by atoms with Crippen molar-refractivity contribution in [3.63, 3.8) is 0 Å². The minimum absolute atomic E-state index is 0.195. The van der Waals surface area contributed by atoms with Crippen LogP contribution >= 0.6 is 34.5 Å². The van der Waals surface area contributed by atoms with E-state index in [2.05, 4.69) is 9.97 Å². The molecule has 2 aromatic heterocycles. The molecule has 96 valence electrons. The molecular weight excluding hydrogens is 303 g/mol. The molecule has 0 amide bonds. The maximum atomic E-state index is 5.87. The van der Waals surface area contributed by atoms with E-state index in [1.807, 2.05) is 35.7 Å². The third-order valence-electron chi connectivity index (χ3n) is 2.55. The molecule has 0 bridgehead atoms. The van der Waals surface area contributed by atoms with Gasteiger partial charge < -0.3 is 4.74 Å². The number of hydrogen-bond acceptors (Lipinski definition) is 4. The molecule has 2 heterocycles. The average molecular weight is 311 g/mol. The van der Waals surface area contributed by atoms with Crippen LogP contribution in [0.1, 0.15) is 5.56 Å². The topological polar surface area (TPSA) is 35.0 Å². The average Bonchev–Trinajstić information content (AvgIpc) is 2.85. The van der Waals surface area contributed by atoms with Crippen molar-refractivity contribution in [2.24, 2.45) is 0 Å². The van der Waals surface area contributed by atoms with Gasteiger partial charge in [-0.15, -0.1) is 11.3 Å². The first kappa shape index (κ1) is 12.7. The lowest BCUT2D eigenvalue weighted by atomic mass is 10.2. The summed E-state index contributed by atoms with van der Waals surface area (Å²) in [5, 5.41) is 3.71. The van der Waals surface area contributed by atoms with Crippen molar-refractivity contribution in [2.75, 3.05) is 0 Å². The monoisotopic (exact) mass is 310 g/mol. The minimum Gasteiger partial charge on any atom is -0.472 e. The summed E-state index contributed by atoms with van der Waals surface area (Å²) < 4.78 is 5.71. The van der Waals surface area contributed by atoms with Crippen molar-refractivity contribution in [1.29, 1.82) is 0 Å². The molecule has 0 spiro atoms. The zero-order valence-corrected chi connectivity index (χ0v) is 12.0. The third-order valence-corrected chi connectivity index (χ3v) is 3.78. The highest BCUT2D eigenvalue weighted by molar-refractivity contribution is 7.16. The van der Waals surface area contributed by atoms with Crippen LogP contribution < -0.4 is 4.74 Å². The Labute approximate surface area is 123 Å². The second-order valence-corrected chi connectivity index (χ2v) is 5.52. The predicted octanol–water partition coefficient (Wildman–Crippen LogP) is 4.58. The summed E-state index contributed by atoms with van der Waals surface area (Å²) in [6.45, 7) is 0.412. The Kier molecular flexibility index (Phi) is 3.55. The van der Waals surface area contributed by atoms with Crippen LogP contribution in [0.4, 0.5) is 0 Å². The van der Waals surface area contributed by atoms with Crippen LogP contribution in [0.2, 0.25) is 10.3 Å². The summed E-state index contributed by atoms with van der Waals surface area (Å²) in [6, 6.07) is 9.40. The van der Waals surface area contributed by atoms with Gasteiger partial charge in [-0.3, -0.25) is 0 Å². The molecule has 0 unspecified atom stereocenters. The Morgan fingerprint density at radius 1 is 1.05 bits per heavy atom. The summed E-state index contributed by atoms with van der Waals surface area (Å²) in [5.74, 6) is 0.506. The molecule has 0 radical (unpaired) electrons. The minimum atomic E-state index is 0.195. The van der Waals surface area contributed by atoms with Gasteiger partial charge in [0.05, 0.1) is 5.39 Å². The lowest BCUT2D eigenvalue weighted by molar-refractivity contribution is 0.298. The Morgan fingerprint density at radius 3 is 2.63 bits per heavy atom. The van der Waals surface area contributed by atoms with Gasteiger partial charge in [0.25, 0.3) is 0 Å². The number of hydrogen-bond donors (Lipinski definition) is 0. The first-order valence-electron chi connectivity index (χ1n) is 5.50. The quantitative estimate of drug-likeness (QED) is 0.664. The molecule has 6 heteroatoms. The maximum absolute atomic E-state index is 5.87. The highest BCUT2D eigenvalue weighted by atomic mass is 35.5. The van der Waals surface area contributed by atoms with E-state index in [0.717, 1.165) is 15.8 Å². The third kappa shape index (κ3) is 2.81. The van der Waals surface area contributed by atoms with E-state index in [0.29, 0.717) is 17.5 Å². The van der Waals surface area contributed by atoms with E-state index in [9.17, 15) is 0 Å². The van der Waals surface area contributed by atoms with Crippen molar-refractivity contribution in [1.82, 2.24) is 9.97 Å². The van der Waals surface area contributed by atoms with Crippen LogP contribution in [0.25, 0.3) is 10.2 Å². The fourth-order valence-electron chi connectivity index (χ4n) is 1.65. The fourth-order valence-corrected chi connectivity index (χ4v) is 2.74.